The van der Waals surface area contributed by atoms with E-state index in [-0.39, 0.29) is 30.7 Å². The van der Waals surface area contributed by atoms with Crippen molar-refractivity contribution in [3.8, 4) is 0 Å². The number of hydrogen-bond acceptors (Lipinski definition) is 5. The first-order chi connectivity index (χ1) is 18.2. The minimum Gasteiger partial charge on any atom is -0.466 e. The van der Waals surface area contributed by atoms with Crippen molar-refractivity contribution in [2.75, 3.05) is 23.0 Å². The minimum atomic E-state index is -5.21. The van der Waals surface area contributed by atoms with Crippen molar-refractivity contribution in [3.05, 3.63) is 58.9 Å². The third-order valence-electron chi connectivity index (χ3n) is 6.03. The van der Waals surface area contributed by atoms with Crippen molar-refractivity contribution < 1.29 is 41.4 Å². The van der Waals surface area contributed by atoms with Crippen LogP contribution >= 0.6 is 0 Å². The van der Waals surface area contributed by atoms with Gasteiger partial charge in [0.1, 0.15) is 11.4 Å². The average molecular weight is 553 g/mol. The fourth-order valence-corrected chi connectivity index (χ4v) is 4.33. The molecular formula is C28H32F4N2O5. The van der Waals surface area contributed by atoms with Crippen molar-refractivity contribution in [2.24, 2.45) is 0 Å². The Labute approximate surface area is 224 Å². The summed E-state index contributed by atoms with van der Waals surface area (Å²) < 4.78 is 66.0. The number of alkyl halides is 3. The van der Waals surface area contributed by atoms with E-state index in [2.05, 4.69) is 0 Å². The Morgan fingerprint density at radius 1 is 1.05 bits per heavy atom. The van der Waals surface area contributed by atoms with E-state index in [4.69, 9.17) is 9.47 Å². The highest BCUT2D eigenvalue weighted by Crippen LogP contribution is 2.34. The van der Waals surface area contributed by atoms with Crippen LogP contribution < -0.4 is 9.80 Å². The maximum atomic E-state index is 14.9. The van der Waals surface area contributed by atoms with E-state index in [0.29, 0.717) is 41.1 Å². The molecule has 212 valence electrons. The standard InChI is InChI=1S/C28H32F4N2O5/c1-5-38-24(35)14-12-18-11-13-20(16-22(18)29)34(25(36)28(30,31)32)17-19-8-6-10-23-21(19)9-7-15-33(23)26(37)39-27(2,3)4/h6,8,10-11,13,16H,5,7,9,12,14-15,17H2,1-4H3. The molecule has 11 heteroatoms. The van der Waals surface area contributed by atoms with E-state index in [1.165, 1.54) is 17.0 Å². The molecule has 0 fully saturated rings. The number of hydrogen-bond donors (Lipinski definition) is 0. The lowest BCUT2D eigenvalue weighted by molar-refractivity contribution is -0.170. The monoisotopic (exact) mass is 552 g/mol. The third kappa shape index (κ3) is 7.70. The topological polar surface area (TPSA) is 76.2 Å². The van der Waals surface area contributed by atoms with E-state index in [1.54, 1.807) is 45.9 Å². The molecule has 0 saturated heterocycles. The van der Waals surface area contributed by atoms with Gasteiger partial charge in [-0.25, -0.2) is 9.18 Å². The zero-order valence-corrected chi connectivity index (χ0v) is 22.4. The second kappa shape index (κ2) is 12.0. The maximum Gasteiger partial charge on any atom is 0.471 e. The van der Waals surface area contributed by atoms with Crippen LogP contribution in [0.5, 0.6) is 0 Å². The zero-order valence-electron chi connectivity index (χ0n) is 22.4. The molecule has 0 saturated carbocycles. The summed E-state index contributed by atoms with van der Waals surface area (Å²) in [7, 11) is 0. The first kappa shape index (κ1) is 29.9. The van der Waals surface area contributed by atoms with Crippen LogP contribution in [0.15, 0.2) is 36.4 Å². The highest BCUT2D eigenvalue weighted by molar-refractivity contribution is 5.97. The highest BCUT2D eigenvalue weighted by Gasteiger charge is 2.43. The molecule has 0 unspecified atom stereocenters. The number of ether oxygens (including phenoxy) is 2. The van der Waals surface area contributed by atoms with Crippen molar-refractivity contribution in [1.82, 2.24) is 0 Å². The predicted octanol–water partition coefficient (Wildman–Crippen LogP) is 6.10. The van der Waals surface area contributed by atoms with Gasteiger partial charge in [0.2, 0.25) is 0 Å². The smallest absolute Gasteiger partial charge is 0.466 e. The average Bonchev–Trinajstić information content (AvgIpc) is 2.84. The van der Waals surface area contributed by atoms with E-state index in [9.17, 15) is 31.9 Å². The lowest BCUT2D eigenvalue weighted by Gasteiger charge is -2.33. The Kier molecular flexibility index (Phi) is 9.24. The summed E-state index contributed by atoms with van der Waals surface area (Å²) in [5.74, 6) is -3.52. The van der Waals surface area contributed by atoms with Gasteiger partial charge in [-0.1, -0.05) is 18.2 Å². The molecule has 7 nitrogen and oxygen atoms in total. The third-order valence-corrected chi connectivity index (χ3v) is 6.03. The zero-order chi connectivity index (χ0) is 29.0. The second-order valence-electron chi connectivity index (χ2n) is 10.1. The van der Waals surface area contributed by atoms with Crippen LogP contribution in [0.4, 0.5) is 33.7 Å². The summed E-state index contributed by atoms with van der Waals surface area (Å²) in [6.07, 6.45) is -4.88. The van der Waals surface area contributed by atoms with Gasteiger partial charge in [0.25, 0.3) is 0 Å². The summed E-state index contributed by atoms with van der Waals surface area (Å²) in [5.41, 5.74) is 0.581. The quantitative estimate of drug-likeness (QED) is 0.306. The van der Waals surface area contributed by atoms with Crippen molar-refractivity contribution >= 4 is 29.3 Å². The molecule has 0 aliphatic carbocycles. The molecule has 1 aliphatic heterocycles. The SMILES string of the molecule is CCOC(=O)CCc1ccc(N(Cc2cccc3c2CCCN3C(=O)OC(C)(C)C)C(=O)C(F)(F)F)cc1F. The van der Waals surface area contributed by atoms with E-state index in [0.717, 1.165) is 6.07 Å². The Morgan fingerprint density at radius 3 is 2.38 bits per heavy atom. The highest BCUT2D eigenvalue weighted by atomic mass is 19.4. The number of carbonyl (C=O) groups is 3. The van der Waals surface area contributed by atoms with Gasteiger partial charge in [0, 0.05) is 18.7 Å². The van der Waals surface area contributed by atoms with E-state index >= 15 is 0 Å². The molecule has 0 radical (unpaired) electrons. The normalized spacial score (nSPS) is 13.5. The number of aryl methyl sites for hydroxylation is 1. The molecule has 0 bridgehead atoms. The molecule has 39 heavy (non-hydrogen) atoms. The molecule has 1 aliphatic rings. The number of fused-ring (bicyclic) bond motifs is 1. The first-order valence-corrected chi connectivity index (χ1v) is 12.6. The fraction of sp³-hybridized carbons (Fsp3) is 0.464. The number of nitrogens with zero attached hydrogens (tertiary/aromatic N) is 2. The van der Waals surface area contributed by atoms with Gasteiger partial charge < -0.3 is 14.4 Å². The van der Waals surface area contributed by atoms with Crippen molar-refractivity contribution in [3.63, 3.8) is 0 Å². The number of benzene rings is 2. The van der Waals surface area contributed by atoms with Gasteiger partial charge in [0.15, 0.2) is 0 Å². The molecule has 0 N–H and O–H groups in total. The Hall–Kier alpha value is -3.63. The van der Waals surface area contributed by atoms with Crippen LogP contribution in [0.2, 0.25) is 0 Å². The molecule has 0 aromatic heterocycles. The summed E-state index contributed by atoms with van der Waals surface area (Å²) in [6, 6.07) is 8.17. The Morgan fingerprint density at radius 2 is 1.77 bits per heavy atom. The van der Waals surface area contributed by atoms with Crippen LogP contribution in [0.1, 0.15) is 57.2 Å². The van der Waals surface area contributed by atoms with Crippen molar-refractivity contribution in [2.45, 2.75) is 71.7 Å². The van der Waals surface area contributed by atoms with Gasteiger partial charge >= 0.3 is 24.1 Å². The Bertz CT molecular complexity index is 1220. The molecule has 3 rings (SSSR count). The molecule has 2 aromatic rings. The van der Waals surface area contributed by atoms with Gasteiger partial charge in [-0.15, -0.1) is 0 Å². The van der Waals surface area contributed by atoms with Gasteiger partial charge in [-0.05, 0) is 81.8 Å². The Balaban J connectivity index is 1.94. The van der Waals surface area contributed by atoms with E-state index in [1.807, 2.05) is 0 Å². The molecule has 0 atom stereocenters. The predicted molar refractivity (Wildman–Crippen MR) is 137 cm³/mol. The van der Waals surface area contributed by atoms with Crippen LogP contribution in [0.25, 0.3) is 0 Å². The first-order valence-electron chi connectivity index (χ1n) is 12.6. The molecule has 2 aromatic carbocycles. The summed E-state index contributed by atoms with van der Waals surface area (Å²) in [4.78, 5) is 38.8. The number of halogens is 4. The summed E-state index contributed by atoms with van der Waals surface area (Å²) in [5, 5.41) is 0. The molecular weight excluding hydrogens is 520 g/mol. The maximum absolute atomic E-state index is 14.9. The second-order valence-corrected chi connectivity index (χ2v) is 10.1. The minimum absolute atomic E-state index is 0.00907. The number of amides is 2. The fourth-order valence-electron chi connectivity index (χ4n) is 4.33. The van der Waals surface area contributed by atoms with Crippen molar-refractivity contribution in [1.29, 1.82) is 0 Å². The lowest BCUT2D eigenvalue weighted by Crippen LogP contribution is -2.42. The van der Waals surface area contributed by atoms with E-state index < -0.39 is 42.1 Å². The number of carbonyl (C=O) groups excluding carboxylic acids is 3. The summed E-state index contributed by atoms with van der Waals surface area (Å²) >= 11 is 0. The lowest BCUT2D eigenvalue weighted by atomic mass is 9.96. The molecule has 0 spiro atoms. The van der Waals surface area contributed by atoms with Gasteiger partial charge in [0.05, 0.1) is 18.8 Å². The van der Waals surface area contributed by atoms with Crippen LogP contribution in [0.3, 0.4) is 0 Å². The molecule has 1 heterocycles. The summed E-state index contributed by atoms with van der Waals surface area (Å²) in [6.45, 7) is 6.88. The van der Waals surface area contributed by atoms with Crippen LogP contribution in [-0.2, 0) is 38.4 Å². The van der Waals surface area contributed by atoms with Crippen LogP contribution in [0, 0.1) is 5.82 Å². The van der Waals surface area contributed by atoms with Gasteiger partial charge in [-0.2, -0.15) is 13.2 Å². The number of rotatable bonds is 7. The number of esters is 1. The number of anilines is 2. The van der Waals surface area contributed by atoms with Gasteiger partial charge in [-0.3, -0.25) is 14.5 Å². The largest absolute Gasteiger partial charge is 0.471 e. The van der Waals surface area contributed by atoms with Crippen LogP contribution in [-0.4, -0.2) is 42.9 Å². The molecule has 2 amide bonds.